The highest BCUT2D eigenvalue weighted by atomic mass is 32.2. The average Bonchev–Trinajstić information content (AvgIpc) is 2.43. The minimum absolute atomic E-state index is 0.0328. The lowest BCUT2D eigenvalue weighted by Crippen LogP contribution is -2.14. The zero-order valence-corrected chi connectivity index (χ0v) is 11.3. The lowest BCUT2D eigenvalue weighted by Gasteiger charge is -2.10. The van der Waals surface area contributed by atoms with Gasteiger partial charge in [0.15, 0.2) is 0 Å². The van der Waals surface area contributed by atoms with Crippen LogP contribution in [0, 0.1) is 15.9 Å². The van der Waals surface area contributed by atoms with Crippen LogP contribution < -0.4 is 10.5 Å². The van der Waals surface area contributed by atoms with Crippen LogP contribution >= 0.6 is 0 Å². The van der Waals surface area contributed by atoms with E-state index in [2.05, 4.69) is 4.72 Å². The predicted octanol–water partition coefficient (Wildman–Crippen LogP) is 2.12. The molecule has 0 aliphatic carbocycles. The number of hydrogen-bond donors (Lipinski definition) is 2. The number of nitro benzene ring substituents is 1. The third-order valence-electron chi connectivity index (χ3n) is 2.60. The fraction of sp³-hybridized carbons (Fsp3) is 0. The summed E-state index contributed by atoms with van der Waals surface area (Å²) in [4.78, 5) is 9.63. The summed E-state index contributed by atoms with van der Waals surface area (Å²) in [5.74, 6) is -0.666. The normalized spacial score (nSPS) is 11.1. The van der Waals surface area contributed by atoms with Gasteiger partial charge in [0.2, 0.25) is 0 Å². The van der Waals surface area contributed by atoms with Crippen molar-refractivity contribution in [3.63, 3.8) is 0 Å². The molecule has 0 amide bonds. The fourth-order valence-electron chi connectivity index (χ4n) is 1.58. The van der Waals surface area contributed by atoms with Crippen LogP contribution in [0.3, 0.4) is 0 Å². The molecule has 0 fully saturated rings. The number of non-ortho nitro benzene ring substituents is 1. The molecule has 21 heavy (non-hydrogen) atoms. The van der Waals surface area contributed by atoms with Crippen LogP contribution in [0.4, 0.5) is 21.5 Å². The van der Waals surface area contributed by atoms with Gasteiger partial charge in [0.25, 0.3) is 15.7 Å². The molecule has 7 nitrogen and oxygen atoms in total. The first-order valence-corrected chi connectivity index (χ1v) is 7.10. The summed E-state index contributed by atoms with van der Waals surface area (Å²) in [6, 6.07) is 7.70. The largest absolute Gasteiger partial charge is 0.397 e. The van der Waals surface area contributed by atoms with Gasteiger partial charge in [-0.3, -0.25) is 14.8 Å². The highest BCUT2D eigenvalue weighted by Crippen LogP contribution is 2.24. The second kappa shape index (κ2) is 5.37. The second-order valence-electron chi connectivity index (χ2n) is 4.09. The predicted molar refractivity (Wildman–Crippen MR) is 74.7 cm³/mol. The maximum Gasteiger partial charge on any atom is 0.270 e. The highest BCUT2D eigenvalue weighted by Gasteiger charge is 2.19. The maximum absolute atomic E-state index is 13.1. The molecule has 2 aromatic rings. The number of sulfonamides is 1. The van der Waals surface area contributed by atoms with E-state index in [1.54, 1.807) is 0 Å². The van der Waals surface area contributed by atoms with Gasteiger partial charge in [0.1, 0.15) is 5.82 Å². The summed E-state index contributed by atoms with van der Waals surface area (Å²) in [6.45, 7) is 0. The molecule has 0 saturated heterocycles. The van der Waals surface area contributed by atoms with Gasteiger partial charge in [-0.1, -0.05) is 6.07 Å². The van der Waals surface area contributed by atoms with E-state index in [0.717, 1.165) is 24.3 Å². The number of hydrogen-bond acceptors (Lipinski definition) is 5. The minimum Gasteiger partial charge on any atom is -0.397 e. The number of anilines is 2. The van der Waals surface area contributed by atoms with Crippen LogP contribution in [-0.2, 0) is 10.0 Å². The Kier molecular flexibility index (Phi) is 3.76. The Bertz CT molecular complexity index is 808. The zero-order chi connectivity index (χ0) is 15.6. The number of nitrogens with zero attached hydrogens (tertiary/aromatic N) is 1. The average molecular weight is 311 g/mol. The Labute approximate surface area is 119 Å². The number of nitrogens with two attached hydrogens (primary N) is 1. The minimum atomic E-state index is -4.11. The number of nitrogen functional groups attached to an aromatic ring is 1. The zero-order valence-electron chi connectivity index (χ0n) is 10.5. The van der Waals surface area contributed by atoms with Crippen LogP contribution in [0.25, 0.3) is 0 Å². The van der Waals surface area contributed by atoms with Crippen molar-refractivity contribution in [1.82, 2.24) is 0 Å². The summed E-state index contributed by atoms with van der Waals surface area (Å²) in [5, 5.41) is 10.7. The Hall–Kier alpha value is -2.68. The van der Waals surface area contributed by atoms with Crippen LogP contribution in [-0.4, -0.2) is 13.3 Å². The summed E-state index contributed by atoms with van der Waals surface area (Å²) < 4.78 is 39.5. The van der Waals surface area contributed by atoms with E-state index in [1.165, 1.54) is 18.2 Å². The van der Waals surface area contributed by atoms with Gasteiger partial charge in [-0.15, -0.1) is 0 Å². The first-order valence-electron chi connectivity index (χ1n) is 5.62. The summed E-state index contributed by atoms with van der Waals surface area (Å²) in [5.41, 5.74) is 5.08. The number of halogens is 1. The van der Waals surface area contributed by atoms with E-state index >= 15 is 0 Å². The molecular weight excluding hydrogens is 301 g/mol. The topological polar surface area (TPSA) is 115 Å². The molecule has 0 atom stereocenters. The summed E-state index contributed by atoms with van der Waals surface area (Å²) in [6.07, 6.45) is 0. The first kappa shape index (κ1) is 14.7. The van der Waals surface area contributed by atoms with Crippen molar-refractivity contribution in [3.05, 3.63) is 58.4 Å². The first-order chi connectivity index (χ1) is 9.79. The SMILES string of the molecule is Nc1ccc(F)cc1NS(=O)(=O)c1cccc([N+](=O)[O-])c1. The van der Waals surface area contributed by atoms with Crippen molar-refractivity contribution in [2.24, 2.45) is 0 Å². The molecule has 0 aromatic heterocycles. The monoisotopic (exact) mass is 311 g/mol. The van der Waals surface area contributed by atoms with Crippen molar-refractivity contribution >= 4 is 27.1 Å². The van der Waals surface area contributed by atoms with Gasteiger partial charge in [-0.2, -0.15) is 0 Å². The van der Waals surface area contributed by atoms with Crippen LogP contribution in [0.2, 0.25) is 0 Å². The van der Waals surface area contributed by atoms with Crippen LogP contribution in [0.1, 0.15) is 0 Å². The number of nitrogens with one attached hydrogen (secondary N) is 1. The van der Waals surface area contributed by atoms with E-state index in [0.29, 0.717) is 0 Å². The smallest absolute Gasteiger partial charge is 0.270 e. The Morgan fingerprint density at radius 3 is 2.57 bits per heavy atom. The van der Waals surface area contributed by atoms with E-state index < -0.39 is 20.8 Å². The molecule has 0 heterocycles. The molecule has 2 rings (SSSR count). The molecule has 0 saturated carbocycles. The fourth-order valence-corrected chi connectivity index (χ4v) is 2.70. The number of nitro groups is 1. The second-order valence-corrected chi connectivity index (χ2v) is 5.77. The van der Waals surface area contributed by atoms with E-state index in [-0.39, 0.29) is 22.0 Å². The molecule has 0 aliphatic heterocycles. The maximum atomic E-state index is 13.1. The Morgan fingerprint density at radius 1 is 1.19 bits per heavy atom. The number of benzene rings is 2. The number of rotatable bonds is 4. The third kappa shape index (κ3) is 3.26. The Balaban J connectivity index is 2.41. The lowest BCUT2D eigenvalue weighted by molar-refractivity contribution is -0.385. The van der Waals surface area contributed by atoms with Crippen molar-refractivity contribution < 1.29 is 17.7 Å². The van der Waals surface area contributed by atoms with Crippen LogP contribution in [0.5, 0.6) is 0 Å². The molecule has 0 bridgehead atoms. The third-order valence-corrected chi connectivity index (χ3v) is 3.96. The van der Waals surface area contributed by atoms with Gasteiger partial charge >= 0.3 is 0 Å². The standard InChI is InChI=1S/C12H10FN3O4S/c13-8-4-5-11(14)12(6-8)15-21(19,20)10-3-1-2-9(7-10)16(17)18/h1-7,15H,14H2. The summed E-state index contributed by atoms with van der Waals surface area (Å²) in [7, 11) is -4.11. The van der Waals surface area contributed by atoms with Crippen molar-refractivity contribution in [2.45, 2.75) is 4.90 Å². The quantitative estimate of drug-likeness (QED) is 0.510. The van der Waals surface area contributed by atoms with Gasteiger partial charge in [0.05, 0.1) is 21.2 Å². The summed E-state index contributed by atoms with van der Waals surface area (Å²) >= 11 is 0. The van der Waals surface area contributed by atoms with Crippen molar-refractivity contribution in [3.8, 4) is 0 Å². The van der Waals surface area contributed by atoms with Crippen molar-refractivity contribution in [2.75, 3.05) is 10.5 Å². The van der Waals surface area contributed by atoms with Gasteiger partial charge in [-0.05, 0) is 18.2 Å². The molecule has 0 radical (unpaired) electrons. The molecule has 0 spiro atoms. The van der Waals surface area contributed by atoms with Gasteiger partial charge in [0, 0.05) is 18.2 Å². The van der Waals surface area contributed by atoms with Gasteiger partial charge < -0.3 is 5.73 Å². The van der Waals surface area contributed by atoms with Crippen LogP contribution in [0.15, 0.2) is 47.4 Å². The molecule has 3 N–H and O–H groups in total. The molecule has 2 aromatic carbocycles. The van der Waals surface area contributed by atoms with E-state index in [4.69, 9.17) is 5.73 Å². The Morgan fingerprint density at radius 2 is 1.90 bits per heavy atom. The molecule has 0 unspecified atom stereocenters. The van der Waals surface area contributed by atoms with Crippen molar-refractivity contribution in [1.29, 1.82) is 0 Å². The van der Waals surface area contributed by atoms with Gasteiger partial charge in [-0.25, -0.2) is 12.8 Å². The van der Waals surface area contributed by atoms with E-state index in [9.17, 15) is 22.9 Å². The molecule has 0 aliphatic rings. The lowest BCUT2D eigenvalue weighted by atomic mass is 10.3. The highest BCUT2D eigenvalue weighted by molar-refractivity contribution is 7.92. The van der Waals surface area contributed by atoms with E-state index in [1.807, 2.05) is 0 Å². The molecule has 110 valence electrons. The molecular formula is C12H10FN3O4S. The molecule has 9 heteroatoms.